The van der Waals surface area contributed by atoms with Crippen molar-refractivity contribution in [1.29, 1.82) is 0 Å². The molecule has 0 fully saturated rings. The van der Waals surface area contributed by atoms with Gasteiger partial charge >= 0.3 is 0 Å². The highest BCUT2D eigenvalue weighted by atomic mass is 16.5. The van der Waals surface area contributed by atoms with Crippen LogP contribution in [0.15, 0.2) is 12.2 Å². The highest BCUT2D eigenvalue weighted by Gasteiger charge is 2.08. The third kappa shape index (κ3) is 5.40. The molecule has 0 spiro atoms. The summed E-state index contributed by atoms with van der Waals surface area (Å²) in [6.07, 6.45) is 13.4. The van der Waals surface area contributed by atoms with Gasteiger partial charge in [0.2, 0.25) is 0 Å². The standard InChI is InChI=1S/C12H23NO/c13-10-6-1-2-7-11-14-12-8-4-3-5-9-12/h3-4,12H,1-2,5-11,13H2. The van der Waals surface area contributed by atoms with Gasteiger partial charge in [-0.25, -0.2) is 0 Å². The van der Waals surface area contributed by atoms with E-state index in [-0.39, 0.29) is 0 Å². The van der Waals surface area contributed by atoms with Crippen molar-refractivity contribution in [2.45, 2.75) is 51.0 Å². The maximum Gasteiger partial charge on any atom is 0.0612 e. The molecule has 0 radical (unpaired) electrons. The Morgan fingerprint density at radius 1 is 1.14 bits per heavy atom. The molecule has 0 amide bonds. The molecule has 0 bridgehead atoms. The van der Waals surface area contributed by atoms with Crippen LogP contribution in [0.25, 0.3) is 0 Å². The molecule has 2 heteroatoms. The molecule has 0 aromatic rings. The molecule has 1 aliphatic rings. The molecule has 0 heterocycles. The van der Waals surface area contributed by atoms with E-state index < -0.39 is 0 Å². The molecule has 14 heavy (non-hydrogen) atoms. The maximum absolute atomic E-state index is 5.78. The molecule has 0 aliphatic heterocycles. The second-order valence-corrected chi connectivity index (χ2v) is 3.98. The molecule has 2 nitrogen and oxygen atoms in total. The highest BCUT2D eigenvalue weighted by molar-refractivity contribution is 4.90. The van der Waals surface area contributed by atoms with Gasteiger partial charge in [-0.2, -0.15) is 0 Å². The molecule has 1 rings (SSSR count). The largest absolute Gasteiger partial charge is 0.378 e. The minimum atomic E-state index is 0.495. The molecule has 1 atom stereocenters. The van der Waals surface area contributed by atoms with Crippen LogP contribution in [0.4, 0.5) is 0 Å². The number of allylic oxidation sites excluding steroid dienone is 1. The third-order valence-electron chi connectivity index (χ3n) is 2.67. The van der Waals surface area contributed by atoms with Crippen molar-refractivity contribution >= 4 is 0 Å². The number of ether oxygens (including phenoxy) is 1. The van der Waals surface area contributed by atoms with Gasteiger partial charge in [-0.3, -0.25) is 0 Å². The smallest absolute Gasteiger partial charge is 0.0612 e. The van der Waals surface area contributed by atoms with Crippen LogP contribution in [0.1, 0.15) is 44.9 Å². The lowest BCUT2D eigenvalue weighted by atomic mass is 10.0. The van der Waals surface area contributed by atoms with Crippen LogP contribution in [0.5, 0.6) is 0 Å². The predicted octanol–water partition coefficient (Wildman–Crippen LogP) is 2.63. The van der Waals surface area contributed by atoms with Gasteiger partial charge in [-0.15, -0.1) is 0 Å². The van der Waals surface area contributed by atoms with Gasteiger partial charge in [0, 0.05) is 6.61 Å². The molecule has 0 aromatic carbocycles. The zero-order chi connectivity index (χ0) is 10.1. The maximum atomic E-state index is 5.78. The Bertz CT molecular complexity index is 156. The van der Waals surface area contributed by atoms with E-state index in [4.69, 9.17) is 10.5 Å². The summed E-state index contributed by atoms with van der Waals surface area (Å²) in [7, 11) is 0. The van der Waals surface area contributed by atoms with E-state index in [0.717, 1.165) is 26.0 Å². The van der Waals surface area contributed by atoms with Gasteiger partial charge in [0.25, 0.3) is 0 Å². The normalized spacial score (nSPS) is 21.4. The molecule has 0 aromatic heterocycles. The van der Waals surface area contributed by atoms with E-state index in [9.17, 15) is 0 Å². The van der Waals surface area contributed by atoms with Crippen molar-refractivity contribution in [2.75, 3.05) is 13.2 Å². The molecule has 0 saturated carbocycles. The van der Waals surface area contributed by atoms with Gasteiger partial charge in [-0.1, -0.05) is 25.0 Å². The molecule has 1 unspecified atom stereocenters. The van der Waals surface area contributed by atoms with Gasteiger partial charge in [0.05, 0.1) is 6.10 Å². The lowest BCUT2D eigenvalue weighted by Crippen LogP contribution is -2.14. The van der Waals surface area contributed by atoms with Crippen LogP contribution in [-0.2, 0) is 4.74 Å². The van der Waals surface area contributed by atoms with Crippen molar-refractivity contribution in [1.82, 2.24) is 0 Å². The van der Waals surface area contributed by atoms with Gasteiger partial charge < -0.3 is 10.5 Å². The minimum absolute atomic E-state index is 0.495. The number of nitrogens with two attached hydrogens (primary N) is 1. The molecule has 0 saturated heterocycles. The van der Waals surface area contributed by atoms with E-state index in [1.54, 1.807) is 0 Å². The average molecular weight is 197 g/mol. The summed E-state index contributed by atoms with van der Waals surface area (Å²) in [4.78, 5) is 0. The van der Waals surface area contributed by atoms with E-state index in [0.29, 0.717) is 6.10 Å². The molecule has 1 aliphatic carbocycles. The fraction of sp³-hybridized carbons (Fsp3) is 0.833. The number of unbranched alkanes of at least 4 members (excludes halogenated alkanes) is 3. The Morgan fingerprint density at radius 3 is 2.71 bits per heavy atom. The Labute approximate surface area is 87.5 Å². The first-order chi connectivity index (χ1) is 6.93. The fourth-order valence-corrected chi connectivity index (χ4v) is 1.77. The number of hydrogen-bond donors (Lipinski definition) is 1. The quantitative estimate of drug-likeness (QED) is 0.503. The number of hydrogen-bond acceptors (Lipinski definition) is 2. The van der Waals surface area contributed by atoms with Crippen LogP contribution in [-0.4, -0.2) is 19.3 Å². The Morgan fingerprint density at radius 2 is 2.00 bits per heavy atom. The van der Waals surface area contributed by atoms with Crippen molar-refractivity contribution in [3.63, 3.8) is 0 Å². The Balaban J connectivity index is 1.86. The first-order valence-electron chi connectivity index (χ1n) is 5.90. The summed E-state index contributed by atoms with van der Waals surface area (Å²) in [5, 5.41) is 0. The van der Waals surface area contributed by atoms with Crippen molar-refractivity contribution < 1.29 is 4.74 Å². The van der Waals surface area contributed by atoms with Crippen molar-refractivity contribution in [2.24, 2.45) is 5.73 Å². The zero-order valence-corrected chi connectivity index (χ0v) is 9.08. The van der Waals surface area contributed by atoms with E-state index in [1.807, 2.05) is 0 Å². The molecular weight excluding hydrogens is 174 g/mol. The lowest BCUT2D eigenvalue weighted by molar-refractivity contribution is 0.0450. The van der Waals surface area contributed by atoms with Crippen molar-refractivity contribution in [3.8, 4) is 0 Å². The first-order valence-corrected chi connectivity index (χ1v) is 5.90. The Kier molecular flexibility index (Phi) is 6.71. The Hall–Kier alpha value is -0.340. The van der Waals surface area contributed by atoms with E-state index >= 15 is 0 Å². The summed E-state index contributed by atoms with van der Waals surface area (Å²) >= 11 is 0. The summed E-state index contributed by atoms with van der Waals surface area (Å²) in [6.45, 7) is 1.76. The monoisotopic (exact) mass is 197 g/mol. The summed E-state index contributed by atoms with van der Waals surface area (Å²) in [5.74, 6) is 0. The fourth-order valence-electron chi connectivity index (χ4n) is 1.77. The van der Waals surface area contributed by atoms with Gasteiger partial charge in [0.1, 0.15) is 0 Å². The zero-order valence-electron chi connectivity index (χ0n) is 9.08. The predicted molar refractivity (Wildman–Crippen MR) is 60.3 cm³/mol. The van der Waals surface area contributed by atoms with Crippen LogP contribution in [0.3, 0.4) is 0 Å². The molecule has 2 N–H and O–H groups in total. The van der Waals surface area contributed by atoms with Gasteiger partial charge in [-0.05, 0) is 38.6 Å². The second-order valence-electron chi connectivity index (χ2n) is 3.98. The third-order valence-corrected chi connectivity index (χ3v) is 2.67. The van der Waals surface area contributed by atoms with Gasteiger partial charge in [0.15, 0.2) is 0 Å². The van der Waals surface area contributed by atoms with Crippen molar-refractivity contribution in [3.05, 3.63) is 12.2 Å². The summed E-state index contributed by atoms with van der Waals surface area (Å²) in [6, 6.07) is 0. The summed E-state index contributed by atoms with van der Waals surface area (Å²) in [5.41, 5.74) is 5.42. The number of rotatable bonds is 7. The molecule has 82 valence electrons. The SMILES string of the molecule is NCCCCCCOC1CC=CCC1. The van der Waals surface area contributed by atoms with E-state index in [1.165, 1.54) is 32.1 Å². The first kappa shape index (κ1) is 11.7. The lowest BCUT2D eigenvalue weighted by Gasteiger charge is -2.18. The highest BCUT2D eigenvalue weighted by Crippen LogP contribution is 2.14. The molecular formula is C12H23NO. The van der Waals surface area contributed by atoms with Crippen LogP contribution in [0, 0.1) is 0 Å². The van der Waals surface area contributed by atoms with Crippen LogP contribution >= 0.6 is 0 Å². The van der Waals surface area contributed by atoms with E-state index in [2.05, 4.69) is 12.2 Å². The average Bonchev–Trinajstić information content (AvgIpc) is 2.25. The minimum Gasteiger partial charge on any atom is -0.378 e. The van der Waals surface area contributed by atoms with Crippen LogP contribution in [0.2, 0.25) is 0 Å². The van der Waals surface area contributed by atoms with Crippen LogP contribution < -0.4 is 5.73 Å². The summed E-state index contributed by atoms with van der Waals surface area (Å²) < 4.78 is 5.78. The topological polar surface area (TPSA) is 35.2 Å². The second kappa shape index (κ2) is 8.01.